The minimum absolute atomic E-state index is 0.0702. The van der Waals surface area contributed by atoms with E-state index in [-0.39, 0.29) is 50.3 Å². The molecule has 0 N–H and O–H groups in total. The van der Waals surface area contributed by atoms with E-state index in [0.717, 1.165) is 22.4 Å². The minimum Gasteiger partial charge on any atom is -0.454 e. The summed E-state index contributed by atoms with van der Waals surface area (Å²) in [6.07, 6.45) is 0.824. The van der Waals surface area contributed by atoms with E-state index in [2.05, 4.69) is 31.9 Å². The molecule has 6 rings (SSSR count). The molecule has 2 saturated carbocycles. The van der Waals surface area contributed by atoms with Crippen molar-refractivity contribution in [3.63, 3.8) is 0 Å². The zero-order valence-electron chi connectivity index (χ0n) is 20.1. The van der Waals surface area contributed by atoms with E-state index >= 15 is 0 Å². The Labute approximate surface area is 236 Å². The van der Waals surface area contributed by atoms with E-state index < -0.39 is 24.4 Å². The molecule has 3 aromatic carbocycles. The zero-order valence-corrected chi connectivity index (χ0v) is 23.3. The molecule has 3 fully saturated rings. The smallest absolute Gasteiger partial charge is 0.340 e. The molecule has 8 heteroatoms. The third-order valence-corrected chi connectivity index (χ3v) is 11.2. The minimum atomic E-state index is -0.757. The number of alkyl halides is 2. The van der Waals surface area contributed by atoms with Gasteiger partial charge in [-0.05, 0) is 41.5 Å². The summed E-state index contributed by atoms with van der Waals surface area (Å²) >= 11 is 7.39. The van der Waals surface area contributed by atoms with E-state index in [0.29, 0.717) is 5.56 Å². The fourth-order valence-electron chi connectivity index (χ4n) is 6.20. The van der Waals surface area contributed by atoms with Gasteiger partial charge in [0, 0.05) is 15.2 Å². The van der Waals surface area contributed by atoms with Gasteiger partial charge >= 0.3 is 5.97 Å². The van der Waals surface area contributed by atoms with Gasteiger partial charge in [0.25, 0.3) is 0 Å². The Kier molecular flexibility index (Phi) is 6.56. The highest BCUT2D eigenvalue weighted by molar-refractivity contribution is 9.12. The molecule has 6 atom stereocenters. The Bertz CT molecular complexity index is 1410. The van der Waals surface area contributed by atoms with Crippen LogP contribution in [0.5, 0.6) is 0 Å². The lowest BCUT2D eigenvalue weighted by Gasteiger charge is -2.28. The van der Waals surface area contributed by atoms with Crippen LogP contribution in [0.2, 0.25) is 0 Å². The highest BCUT2D eigenvalue weighted by Gasteiger charge is 2.66. The number of ketones is 1. The first-order valence-electron chi connectivity index (χ1n) is 12.5. The van der Waals surface area contributed by atoms with Gasteiger partial charge in [0.05, 0.1) is 23.1 Å². The van der Waals surface area contributed by atoms with Crippen LogP contribution in [-0.2, 0) is 14.3 Å². The number of nitrogens with zero attached hydrogens (tertiary/aromatic N) is 1. The molecular formula is C30H23Br2NO5. The number of hydrogen-bond acceptors (Lipinski definition) is 5. The summed E-state index contributed by atoms with van der Waals surface area (Å²) in [5, 5.41) is 0. The molecule has 2 aliphatic carbocycles. The van der Waals surface area contributed by atoms with Crippen LogP contribution in [0.1, 0.15) is 27.1 Å². The molecule has 3 aromatic rings. The lowest BCUT2D eigenvalue weighted by molar-refractivity contribution is -0.123. The molecule has 2 bridgehead atoms. The SMILES string of the molecule is O=C(COC(=O)c1ccccc1N1C(=O)[C@@H]2[C@@H]3C[C@H]([C@H](Br)[C@@H]3Br)[C@@H]2C1=O)c1ccc(-c2ccccc2)cc1. The number of para-hydroxylation sites is 1. The molecule has 1 saturated heterocycles. The molecule has 1 heterocycles. The number of esters is 1. The maximum absolute atomic E-state index is 13.5. The van der Waals surface area contributed by atoms with E-state index in [9.17, 15) is 19.2 Å². The monoisotopic (exact) mass is 635 g/mol. The summed E-state index contributed by atoms with van der Waals surface area (Å²) < 4.78 is 5.36. The van der Waals surface area contributed by atoms with Crippen LogP contribution in [0.3, 0.4) is 0 Å². The molecular weight excluding hydrogens is 614 g/mol. The number of rotatable bonds is 6. The van der Waals surface area contributed by atoms with Crippen molar-refractivity contribution in [2.45, 2.75) is 16.1 Å². The summed E-state index contributed by atoms with van der Waals surface area (Å²) in [6.45, 7) is -0.453. The number of benzene rings is 3. The Balaban J connectivity index is 1.17. The number of amides is 2. The molecule has 38 heavy (non-hydrogen) atoms. The lowest BCUT2D eigenvalue weighted by Crippen LogP contribution is -2.37. The number of Topliss-reactive ketones (excluding diaryl/α,β-unsaturated/α-hetero) is 1. The lowest BCUT2D eigenvalue weighted by atomic mass is 9.81. The van der Waals surface area contributed by atoms with Gasteiger partial charge in [0.1, 0.15) is 0 Å². The van der Waals surface area contributed by atoms with Crippen LogP contribution >= 0.6 is 31.9 Å². The maximum Gasteiger partial charge on any atom is 0.340 e. The number of fused-ring (bicyclic) bond motifs is 5. The Morgan fingerprint density at radius 2 is 1.32 bits per heavy atom. The summed E-state index contributed by atoms with van der Waals surface area (Å²) in [5.41, 5.74) is 2.73. The average Bonchev–Trinajstić information content (AvgIpc) is 3.56. The van der Waals surface area contributed by atoms with Crippen molar-refractivity contribution >= 4 is 61.1 Å². The predicted octanol–water partition coefficient (Wildman–Crippen LogP) is 5.68. The number of hydrogen-bond donors (Lipinski definition) is 0. The molecule has 0 unspecified atom stereocenters. The van der Waals surface area contributed by atoms with Crippen molar-refractivity contribution in [1.29, 1.82) is 0 Å². The standard InChI is InChI=1S/C30H23Br2NO5/c31-26-20-14-21(27(26)32)25-24(20)28(35)33(29(25)36)22-9-5-4-8-19(22)30(37)38-15-23(34)18-12-10-17(11-13-18)16-6-2-1-3-7-16/h1-13,20-21,24-27H,14-15H2/t20-,21-,24-,25+,26-,27+/m0/s1. The molecule has 192 valence electrons. The van der Waals surface area contributed by atoms with Gasteiger partial charge < -0.3 is 4.74 Å². The zero-order chi connectivity index (χ0) is 26.6. The summed E-state index contributed by atoms with van der Waals surface area (Å²) in [6, 6.07) is 23.3. The van der Waals surface area contributed by atoms with E-state index in [1.54, 1.807) is 30.3 Å². The number of imide groups is 1. The van der Waals surface area contributed by atoms with Gasteiger partial charge in [-0.1, -0.05) is 98.6 Å². The molecule has 6 nitrogen and oxygen atoms in total. The first-order valence-corrected chi connectivity index (χ1v) is 14.3. The summed E-state index contributed by atoms with van der Waals surface area (Å²) in [4.78, 5) is 54.1. The highest BCUT2D eigenvalue weighted by atomic mass is 79.9. The van der Waals surface area contributed by atoms with Crippen LogP contribution in [0, 0.1) is 23.7 Å². The quantitative estimate of drug-likeness (QED) is 0.151. The van der Waals surface area contributed by atoms with Crippen molar-refractivity contribution in [2.75, 3.05) is 11.5 Å². The van der Waals surface area contributed by atoms with E-state index in [1.165, 1.54) is 6.07 Å². The third-order valence-electron chi connectivity index (χ3n) is 8.00. The van der Waals surface area contributed by atoms with Gasteiger partial charge in [-0.3, -0.25) is 14.4 Å². The van der Waals surface area contributed by atoms with Gasteiger partial charge in [0.2, 0.25) is 11.8 Å². The number of carbonyl (C=O) groups is 4. The Morgan fingerprint density at radius 3 is 1.95 bits per heavy atom. The van der Waals surface area contributed by atoms with E-state index in [1.807, 2.05) is 42.5 Å². The maximum atomic E-state index is 13.5. The second-order valence-corrected chi connectivity index (χ2v) is 12.1. The molecule has 0 aromatic heterocycles. The summed E-state index contributed by atoms with van der Waals surface area (Å²) in [5.74, 6) is -2.29. The topological polar surface area (TPSA) is 80.8 Å². The summed E-state index contributed by atoms with van der Waals surface area (Å²) in [7, 11) is 0. The molecule has 0 spiro atoms. The third kappa shape index (κ3) is 4.05. The van der Waals surface area contributed by atoms with Crippen molar-refractivity contribution in [3.05, 3.63) is 90.0 Å². The molecule has 0 radical (unpaired) electrons. The number of carbonyl (C=O) groups excluding carboxylic acids is 4. The number of ether oxygens (including phenoxy) is 1. The van der Waals surface area contributed by atoms with Crippen molar-refractivity contribution in [2.24, 2.45) is 23.7 Å². The highest BCUT2D eigenvalue weighted by Crippen LogP contribution is 2.60. The van der Waals surface area contributed by atoms with Gasteiger partial charge in [-0.2, -0.15) is 0 Å². The first-order chi connectivity index (χ1) is 18.4. The van der Waals surface area contributed by atoms with Crippen LogP contribution < -0.4 is 4.90 Å². The van der Waals surface area contributed by atoms with Crippen LogP contribution in [0.25, 0.3) is 11.1 Å². The van der Waals surface area contributed by atoms with Gasteiger partial charge in [0.15, 0.2) is 12.4 Å². The van der Waals surface area contributed by atoms with Crippen molar-refractivity contribution in [1.82, 2.24) is 0 Å². The second kappa shape index (κ2) is 9.89. The van der Waals surface area contributed by atoms with E-state index in [4.69, 9.17) is 4.74 Å². The normalized spacial score (nSPS) is 27.5. The Morgan fingerprint density at radius 1 is 0.763 bits per heavy atom. The number of anilines is 1. The molecule has 3 aliphatic rings. The average molecular weight is 637 g/mol. The van der Waals surface area contributed by atoms with Gasteiger partial charge in [-0.25, -0.2) is 9.69 Å². The first kappa shape index (κ1) is 25.2. The number of halogens is 2. The second-order valence-electron chi connectivity index (χ2n) is 9.98. The van der Waals surface area contributed by atoms with Crippen LogP contribution in [0.15, 0.2) is 78.9 Å². The largest absolute Gasteiger partial charge is 0.454 e. The molecule has 2 amide bonds. The fraction of sp³-hybridized carbons (Fsp3) is 0.267. The molecule has 1 aliphatic heterocycles. The Hall–Kier alpha value is -3.10. The van der Waals surface area contributed by atoms with Gasteiger partial charge in [-0.15, -0.1) is 0 Å². The fourth-order valence-corrected chi connectivity index (χ4v) is 8.07. The van der Waals surface area contributed by atoms with Crippen LogP contribution in [-0.4, -0.2) is 39.8 Å². The van der Waals surface area contributed by atoms with Crippen LogP contribution in [0.4, 0.5) is 5.69 Å². The van der Waals surface area contributed by atoms with Crippen molar-refractivity contribution < 1.29 is 23.9 Å². The predicted molar refractivity (Wildman–Crippen MR) is 149 cm³/mol. The van der Waals surface area contributed by atoms with Crippen molar-refractivity contribution in [3.8, 4) is 11.1 Å².